The molecule has 2 heterocycles. The number of nitrogens with zero attached hydrogens (tertiary/aromatic N) is 2. The molecule has 6 nitrogen and oxygen atoms in total. The number of carbonyl (C=O) groups is 2. The first-order valence-electron chi connectivity index (χ1n) is 11.8. The topological polar surface area (TPSA) is 77.0 Å². The Morgan fingerprint density at radius 3 is 2.06 bits per heavy atom. The summed E-state index contributed by atoms with van der Waals surface area (Å²) in [5, 5.41) is 4.45. The van der Waals surface area contributed by atoms with E-state index in [1.807, 2.05) is 97.9 Å². The SMILES string of the molecule is CCOC(=O)c1nn(-c2ccccc2)cc1C(=O)c1c(C)[nH]c(-c2ccccc2)c1-c1ccccc1. The zero-order valence-corrected chi connectivity index (χ0v) is 20.1. The molecule has 0 unspecified atom stereocenters. The van der Waals surface area contributed by atoms with Crippen molar-refractivity contribution in [2.75, 3.05) is 6.61 Å². The van der Waals surface area contributed by atoms with Crippen LogP contribution < -0.4 is 0 Å². The number of carbonyl (C=O) groups excluding carboxylic acids is 2. The lowest BCUT2D eigenvalue weighted by atomic mass is 9.92. The molecule has 1 N–H and O–H groups in total. The van der Waals surface area contributed by atoms with Crippen LogP contribution in [0.1, 0.15) is 39.0 Å². The van der Waals surface area contributed by atoms with E-state index in [0.29, 0.717) is 11.3 Å². The van der Waals surface area contributed by atoms with E-state index in [1.54, 1.807) is 17.8 Å². The average molecular weight is 476 g/mol. The zero-order chi connectivity index (χ0) is 25.1. The number of H-pyrrole nitrogens is 1. The number of nitrogens with one attached hydrogen (secondary N) is 1. The smallest absolute Gasteiger partial charge is 0.359 e. The standard InChI is InChI=1S/C30H25N3O3/c1-3-36-30(35)28-24(19-33(32-28)23-17-11-6-12-18-23)29(34)25-20(2)31-27(22-15-9-5-10-16-22)26(25)21-13-7-4-8-14-21/h4-19,31H,3H2,1-2H3. The lowest BCUT2D eigenvalue weighted by Gasteiger charge is -2.09. The minimum atomic E-state index is -0.631. The average Bonchev–Trinajstić information content (AvgIpc) is 3.52. The first kappa shape index (κ1) is 23.1. The maximum Gasteiger partial charge on any atom is 0.359 e. The van der Waals surface area contributed by atoms with E-state index >= 15 is 0 Å². The Balaban J connectivity index is 1.72. The summed E-state index contributed by atoms with van der Waals surface area (Å²) in [5.41, 5.74) is 5.62. The molecule has 0 aliphatic carbocycles. The predicted octanol–water partition coefficient (Wildman–Crippen LogP) is 6.25. The molecule has 6 heteroatoms. The third-order valence-electron chi connectivity index (χ3n) is 5.99. The third-order valence-corrected chi connectivity index (χ3v) is 5.99. The number of hydrogen-bond acceptors (Lipinski definition) is 4. The Labute approximate surface area is 209 Å². The summed E-state index contributed by atoms with van der Waals surface area (Å²) in [6.07, 6.45) is 1.60. The molecule has 5 aromatic rings. The number of aromatic amines is 1. The second-order valence-corrected chi connectivity index (χ2v) is 8.33. The molecule has 178 valence electrons. The van der Waals surface area contributed by atoms with Crippen LogP contribution in [0.4, 0.5) is 0 Å². The first-order chi connectivity index (χ1) is 17.6. The number of benzene rings is 3. The molecule has 0 amide bonds. The molecule has 3 aromatic carbocycles. The van der Waals surface area contributed by atoms with Crippen LogP contribution in [0.2, 0.25) is 0 Å². The van der Waals surface area contributed by atoms with Crippen LogP contribution in [0.25, 0.3) is 28.1 Å². The lowest BCUT2D eigenvalue weighted by molar-refractivity contribution is 0.0516. The molecule has 0 bridgehead atoms. The molecule has 0 spiro atoms. The van der Waals surface area contributed by atoms with E-state index in [0.717, 1.165) is 28.1 Å². The van der Waals surface area contributed by atoms with Crippen molar-refractivity contribution in [3.05, 3.63) is 120 Å². The summed E-state index contributed by atoms with van der Waals surface area (Å²) in [6, 6.07) is 29.0. The Kier molecular flexibility index (Phi) is 6.33. The van der Waals surface area contributed by atoms with E-state index in [2.05, 4.69) is 10.1 Å². The van der Waals surface area contributed by atoms with Crippen LogP contribution >= 0.6 is 0 Å². The molecule has 0 radical (unpaired) electrons. The number of para-hydroxylation sites is 1. The van der Waals surface area contributed by atoms with E-state index in [-0.39, 0.29) is 23.6 Å². The van der Waals surface area contributed by atoms with Gasteiger partial charge in [0.15, 0.2) is 11.5 Å². The number of rotatable bonds is 7. The van der Waals surface area contributed by atoms with Crippen molar-refractivity contribution < 1.29 is 14.3 Å². The Bertz CT molecular complexity index is 1520. The van der Waals surface area contributed by atoms with Gasteiger partial charge in [-0.15, -0.1) is 0 Å². The Morgan fingerprint density at radius 1 is 0.861 bits per heavy atom. The second-order valence-electron chi connectivity index (χ2n) is 8.33. The first-order valence-corrected chi connectivity index (χ1v) is 11.8. The Morgan fingerprint density at radius 2 is 1.44 bits per heavy atom. The minimum Gasteiger partial charge on any atom is -0.461 e. The summed E-state index contributed by atoms with van der Waals surface area (Å²) in [5.74, 6) is -0.928. The van der Waals surface area contributed by atoms with Gasteiger partial charge in [-0.3, -0.25) is 4.79 Å². The predicted molar refractivity (Wildman–Crippen MR) is 139 cm³/mol. The fraction of sp³-hybridized carbons (Fsp3) is 0.100. The maximum absolute atomic E-state index is 14.2. The van der Waals surface area contributed by atoms with Crippen LogP contribution in [0, 0.1) is 6.92 Å². The van der Waals surface area contributed by atoms with Gasteiger partial charge in [0.2, 0.25) is 0 Å². The number of aromatic nitrogens is 3. The quantitative estimate of drug-likeness (QED) is 0.223. The molecule has 0 atom stereocenters. The highest BCUT2D eigenvalue weighted by Gasteiger charge is 2.30. The Hall–Kier alpha value is -4.71. The summed E-state index contributed by atoms with van der Waals surface area (Å²) in [7, 11) is 0. The molecule has 0 aliphatic rings. The zero-order valence-electron chi connectivity index (χ0n) is 20.1. The van der Waals surface area contributed by atoms with Gasteiger partial charge in [0.1, 0.15) is 0 Å². The molecular weight excluding hydrogens is 450 g/mol. The van der Waals surface area contributed by atoms with Crippen LogP contribution in [0.5, 0.6) is 0 Å². The van der Waals surface area contributed by atoms with E-state index < -0.39 is 5.97 Å². The van der Waals surface area contributed by atoms with Gasteiger partial charge in [0.05, 0.1) is 29.1 Å². The van der Waals surface area contributed by atoms with Crippen molar-refractivity contribution in [1.82, 2.24) is 14.8 Å². The van der Waals surface area contributed by atoms with E-state index in [9.17, 15) is 9.59 Å². The third kappa shape index (κ3) is 4.25. The normalized spacial score (nSPS) is 10.8. The maximum atomic E-state index is 14.2. The van der Waals surface area contributed by atoms with Gasteiger partial charge in [-0.2, -0.15) is 5.10 Å². The molecule has 2 aromatic heterocycles. The van der Waals surface area contributed by atoms with Crippen molar-refractivity contribution in [3.63, 3.8) is 0 Å². The summed E-state index contributed by atoms with van der Waals surface area (Å²) in [4.78, 5) is 30.5. The molecule has 36 heavy (non-hydrogen) atoms. The van der Waals surface area contributed by atoms with Crippen LogP contribution in [0.15, 0.2) is 97.2 Å². The van der Waals surface area contributed by atoms with E-state index in [4.69, 9.17) is 4.74 Å². The lowest BCUT2D eigenvalue weighted by Crippen LogP contribution is -2.12. The van der Waals surface area contributed by atoms with Crippen molar-refractivity contribution in [1.29, 1.82) is 0 Å². The number of esters is 1. The van der Waals surface area contributed by atoms with Crippen molar-refractivity contribution in [2.45, 2.75) is 13.8 Å². The van der Waals surface area contributed by atoms with Gasteiger partial charge >= 0.3 is 5.97 Å². The van der Waals surface area contributed by atoms with Gasteiger partial charge in [0.25, 0.3) is 0 Å². The van der Waals surface area contributed by atoms with Crippen LogP contribution in [-0.2, 0) is 4.74 Å². The van der Waals surface area contributed by atoms with E-state index in [1.165, 1.54) is 0 Å². The fourth-order valence-electron chi connectivity index (χ4n) is 4.36. The number of hydrogen-bond donors (Lipinski definition) is 1. The molecule has 0 aliphatic heterocycles. The van der Waals surface area contributed by atoms with Gasteiger partial charge in [0, 0.05) is 17.5 Å². The minimum absolute atomic E-state index is 0.00780. The van der Waals surface area contributed by atoms with Crippen molar-refractivity contribution in [3.8, 4) is 28.1 Å². The highest BCUT2D eigenvalue weighted by atomic mass is 16.5. The van der Waals surface area contributed by atoms with Crippen molar-refractivity contribution in [2.24, 2.45) is 0 Å². The molecular formula is C30H25N3O3. The summed E-state index contributed by atoms with van der Waals surface area (Å²) in [6.45, 7) is 3.78. The monoisotopic (exact) mass is 475 g/mol. The highest BCUT2D eigenvalue weighted by molar-refractivity contribution is 6.18. The molecule has 5 rings (SSSR count). The highest BCUT2D eigenvalue weighted by Crippen LogP contribution is 2.38. The number of ketones is 1. The fourth-order valence-corrected chi connectivity index (χ4v) is 4.36. The molecule has 0 fully saturated rings. The summed E-state index contributed by atoms with van der Waals surface area (Å²) >= 11 is 0. The van der Waals surface area contributed by atoms with Crippen LogP contribution in [-0.4, -0.2) is 33.1 Å². The number of ether oxygens (including phenoxy) is 1. The van der Waals surface area contributed by atoms with Crippen LogP contribution in [0.3, 0.4) is 0 Å². The van der Waals surface area contributed by atoms with Gasteiger partial charge < -0.3 is 9.72 Å². The van der Waals surface area contributed by atoms with Crippen molar-refractivity contribution >= 4 is 11.8 Å². The molecule has 0 saturated heterocycles. The van der Waals surface area contributed by atoms with Gasteiger partial charge in [-0.25, -0.2) is 9.48 Å². The van der Waals surface area contributed by atoms with Gasteiger partial charge in [-0.05, 0) is 37.1 Å². The largest absolute Gasteiger partial charge is 0.461 e. The summed E-state index contributed by atoms with van der Waals surface area (Å²) < 4.78 is 6.79. The number of aryl methyl sites for hydroxylation is 1. The molecule has 0 saturated carbocycles. The second kappa shape index (κ2) is 9.88. The van der Waals surface area contributed by atoms with Gasteiger partial charge in [-0.1, -0.05) is 78.9 Å².